The summed E-state index contributed by atoms with van der Waals surface area (Å²) in [6.07, 6.45) is 3.24. The second-order valence-electron chi connectivity index (χ2n) is 7.21. The van der Waals surface area contributed by atoms with Gasteiger partial charge in [-0.05, 0) is 67.1 Å². The van der Waals surface area contributed by atoms with Crippen LogP contribution < -0.4 is 5.32 Å². The van der Waals surface area contributed by atoms with Crippen LogP contribution in [-0.2, 0) is 4.79 Å². The second-order valence-corrected chi connectivity index (χ2v) is 7.21. The highest BCUT2D eigenvalue weighted by Gasteiger charge is 2.15. The van der Waals surface area contributed by atoms with Crippen LogP contribution in [0.5, 0.6) is 0 Å². The fourth-order valence-electron chi connectivity index (χ4n) is 3.26. The first kappa shape index (κ1) is 20.8. The van der Waals surface area contributed by atoms with E-state index < -0.39 is 5.91 Å². The van der Waals surface area contributed by atoms with E-state index in [1.807, 2.05) is 61.5 Å². The van der Waals surface area contributed by atoms with E-state index in [1.165, 1.54) is 18.2 Å². The van der Waals surface area contributed by atoms with Crippen LogP contribution in [0.1, 0.15) is 11.1 Å². The smallest absolute Gasteiger partial charge is 0.266 e. The normalized spacial score (nSPS) is 11.1. The van der Waals surface area contributed by atoms with E-state index in [-0.39, 0.29) is 11.4 Å². The van der Waals surface area contributed by atoms with Gasteiger partial charge in [0.15, 0.2) is 0 Å². The van der Waals surface area contributed by atoms with Crippen molar-refractivity contribution in [3.05, 3.63) is 108 Å². The monoisotopic (exact) mass is 422 g/mol. The van der Waals surface area contributed by atoms with Crippen LogP contribution in [-0.4, -0.2) is 15.7 Å². The van der Waals surface area contributed by atoms with E-state index in [4.69, 9.17) is 0 Å². The van der Waals surface area contributed by atoms with Crippen LogP contribution in [0.2, 0.25) is 0 Å². The number of carbonyl (C=O) groups is 1. The number of anilines is 1. The van der Waals surface area contributed by atoms with Crippen LogP contribution >= 0.6 is 0 Å². The molecule has 32 heavy (non-hydrogen) atoms. The quantitative estimate of drug-likeness (QED) is 0.339. The predicted molar refractivity (Wildman–Crippen MR) is 122 cm³/mol. The number of amides is 1. The van der Waals surface area contributed by atoms with Crippen LogP contribution in [0, 0.1) is 24.1 Å². The van der Waals surface area contributed by atoms with Gasteiger partial charge in [0.25, 0.3) is 5.91 Å². The molecule has 0 bridgehead atoms. The molecule has 4 aromatic rings. The topological polar surface area (TPSA) is 70.7 Å². The maximum atomic E-state index is 13.4. The SMILES string of the molecule is Cc1cccc(NC(=O)/C(C#N)=C/c2cn(-c3ccccc3)nc2-c2ccc(F)cc2)c1. The van der Waals surface area contributed by atoms with Crippen molar-refractivity contribution in [1.82, 2.24) is 9.78 Å². The van der Waals surface area contributed by atoms with E-state index in [0.717, 1.165) is 11.3 Å². The van der Waals surface area contributed by atoms with Gasteiger partial charge in [-0.15, -0.1) is 0 Å². The Morgan fingerprint density at radius 2 is 1.81 bits per heavy atom. The number of hydrogen-bond acceptors (Lipinski definition) is 3. The highest BCUT2D eigenvalue weighted by Crippen LogP contribution is 2.26. The molecule has 0 atom stereocenters. The third-order valence-electron chi connectivity index (χ3n) is 4.82. The summed E-state index contributed by atoms with van der Waals surface area (Å²) in [5.41, 5.74) is 4.12. The van der Waals surface area contributed by atoms with Gasteiger partial charge in [0.05, 0.1) is 11.4 Å². The van der Waals surface area contributed by atoms with Crippen molar-refractivity contribution in [2.45, 2.75) is 6.92 Å². The van der Waals surface area contributed by atoms with Crippen molar-refractivity contribution in [2.24, 2.45) is 0 Å². The first-order chi connectivity index (χ1) is 15.5. The Morgan fingerprint density at radius 3 is 2.50 bits per heavy atom. The molecule has 156 valence electrons. The predicted octanol–water partition coefficient (Wildman–Crippen LogP) is 5.53. The minimum absolute atomic E-state index is 0.0671. The Labute approximate surface area is 185 Å². The zero-order chi connectivity index (χ0) is 22.5. The molecule has 1 N–H and O–H groups in total. The van der Waals surface area contributed by atoms with Crippen molar-refractivity contribution in [3.8, 4) is 23.0 Å². The molecular formula is C26H19FN4O. The Morgan fingerprint density at radius 1 is 1.06 bits per heavy atom. The van der Waals surface area contributed by atoms with Gasteiger partial charge in [0.1, 0.15) is 17.5 Å². The molecule has 0 aliphatic carbocycles. The molecule has 1 amide bonds. The summed E-state index contributed by atoms with van der Waals surface area (Å²) in [6.45, 7) is 1.92. The molecule has 1 aromatic heterocycles. The van der Waals surface area contributed by atoms with E-state index in [1.54, 1.807) is 29.1 Å². The van der Waals surface area contributed by atoms with Crippen molar-refractivity contribution < 1.29 is 9.18 Å². The van der Waals surface area contributed by atoms with Crippen molar-refractivity contribution >= 4 is 17.7 Å². The molecule has 5 nitrogen and oxygen atoms in total. The molecule has 4 rings (SSSR count). The third kappa shape index (κ3) is 4.63. The highest BCUT2D eigenvalue weighted by molar-refractivity contribution is 6.10. The number of halogens is 1. The average Bonchev–Trinajstić information content (AvgIpc) is 3.22. The van der Waals surface area contributed by atoms with Gasteiger partial charge in [-0.1, -0.05) is 30.3 Å². The molecule has 3 aromatic carbocycles. The number of carbonyl (C=O) groups excluding carboxylic acids is 1. The Kier molecular flexibility index (Phi) is 5.91. The summed E-state index contributed by atoms with van der Waals surface area (Å²) in [4.78, 5) is 12.7. The zero-order valence-corrected chi connectivity index (χ0v) is 17.3. The zero-order valence-electron chi connectivity index (χ0n) is 17.3. The number of nitrogens with zero attached hydrogens (tertiary/aromatic N) is 3. The lowest BCUT2D eigenvalue weighted by molar-refractivity contribution is -0.112. The van der Waals surface area contributed by atoms with Crippen LogP contribution in [0.25, 0.3) is 23.0 Å². The molecule has 0 saturated carbocycles. The molecule has 0 aliphatic rings. The maximum absolute atomic E-state index is 13.4. The van der Waals surface area contributed by atoms with Gasteiger partial charge in [-0.3, -0.25) is 4.79 Å². The van der Waals surface area contributed by atoms with Crippen LogP contribution in [0.3, 0.4) is 0 Å². The van der Waals surface area contributed by atoms with Crippen LogP contribution in [0.15, 0.2) is 90.6 Å². The lowest BCUT2D eigenvalue weighted by atomic mass is 10.1. The number of hydrogen-bond donors (Lipinski definition) is 1. The summed E-state index contributed by atoms with van der Waals surface area (Å²) < 4.78 is 15.1. The number of para-hydroxylation sites is 1. The Hall–Kier alpha value is -4.50. The van der Waals surface area contributed by atoms with Crippen molar-refractivity contribution in [3.63, 3.8) is 0 Å². The first-order valence-electron chi connectivity index (χ1n) is 9.94. The van der Waals surface area contributed by atoms with Gasteiger partial charge in [0, 0.05) is 23.0 Å². The molecule has 6 heteroatoms. The van der Waals surface area contributed by atoms with Gasteiger partial charge in [-0.2, -0.15) is 10.4 Å². The fraction of sp³-hybridized carbons (Fsp3) is 0.0385. The second kappa shape index (κ2) is 9.11. The van der Waals surface area contributed by atoms with E-state index >= 15 is 0 Å². The lowest BCUT2D eigenvalue weighted by Crippen LogP contribution is -2.13. The molecular weight excluding hydrogens is 403 g/mol. The van der Waals surface area contributed by atoms with E-state index in [9.17, 15) is 14.4 Å². The van der Waals surface area contributed by atoms with E-state index in [0.29, 0.717) is 22.5 Å². The molecule has 1 heterocycles. The van der Waals surface area contributed by atoms with Gasteiger partial charge in [0.2, 0.25) is 0 Å². The van der Waals surface area contributed by atoms with Gasteiger partial charge in [-0.25, -0.2) is 9.07 Å². The summed E-state index contributed by atoms with van der Waals surface area (Å²) >= 11 is 0. The number of aromatic nitrogens is 2. The molecule has 0 aliphatic heterocycles. The largest absolute Gasteiger partial charge is 0.321 e. The van der Waals surface area contributed by atoms with Gasteiger partial charge >= 0.3 is 0 Å². The van der Waals surface area contributed by atoms with Gasteiger partial charge < -0.3 is 5.32 Å². The summed E-state index contributed by atoms with van der Waals surface area (Å²) in [6, 6.07) is 24.7. The molecule has 0 radical (unpaired) electrons. The summed E-state index contributed by atoms with van der Waals surface area (Å²) in [5, 5.41) is 17.0. The first-order valence-corrected chi connectivity index (χ1v) is 9.94. The van der Waals surface area contributed by atoms with Crippen LogP contribution in [0.4, 0.5) is 10.1 Å². The maximum Gasteiger partial charge on any atom is 0.266 e. The average molecular weight is 422 g/mol. The van der Waals surface area contributed by atoms with Crippen molar-refractivity contribution in [2.75, 3.05) is 5.32 Å². The standard InChI is InChI=1S/C26H19FN4O/c1-18-6-5-7-23(14-18)29-26(32)20(16-28)15-21-17-31(24-8-3-2-4-9-24)30-25(21)19-10-12-22(27)13-11-19/h2-15,17H,1H3,(H,29,32)/b20-15+. The summed E-state index contributed by atoms with van der Waals surface area (Å²) in [5.74, 6) is -0.876. The van der Waals surface area contributed by atoms with E-state index in [2.05, 4.69) is 10.4 Å². The minimum Gasteiger partial charge on any atom is -0.321 e. The minimum atomic E-state index is -0.518. The lowest BCUT2D eigenvalue weighted by Gasteiger charge is -2.05. The molecule has 0 unspecified atom stereocenters. The number of nitriles is 1. The molecule has 0 saturated heterocycles. The number of benzene rings is 3. The summed E-state index contributed by atoms with van der Waals surface area (Å²) in [7, 11) is 0. The number of aryl methyl sites for hydroxylation is 1. The molecule has 0 spiro atoms. The molecule has 0 fully saturated rings. The Balaban J connectivity index is 1.75. The van der Waals surface area contributed by atoms with Crippen molar-refractivity contribution in [1.29, 1.82) is 5.26 Å². The fourth-order valence-corrected chi connectivity index (χ4v) is 3.26. The highest BCUT2D eigenvalue weighted by atomic mass is 19.1. The Bertz CT molecular complexity index is 1330. The third-order valence-corrected chi connectivity index (χ3v) is 4.82. The number of rotatable bonds is 5. The number of nitrogens with one attached hydrogen (secondary N) is 1.